The molecule has 464 valence electrons. The van der Waals surface area contributed by atoms with Crippen molar-refractivity contribution in [3.8, 4) is 0 Å². The summed E-state index contributed by atoms with van der Waals surface area (Å²) in [6, 6.07) is 0. The van der Waals surface area contributed by atoms with Crippen LogP contribution in [-0.2, 0) is 28.6 Å². The molecule has 0 aliphatic rings. The number of carbonyl (C=O) groups is 3. The number of ether oxygens (including phenoxy) is 3. The van der Waals surface area contributed by atoms with E-state index in [2.05, 4.69) is 167 Å². The minimum atomic E-state index is -0.799. The van der Waals surface area contributed by atoms with E-state index in [1.165, 1.54) is 96.3 Å². The van der Waals surface area contributed by atoms with Crippen LogP contribution < -0.4 is 0 Å². The molecule has 6 nitrogen and oxygen atoms in total. The number of hydrogen-bond donors (Lipinski definition) is 0. The Labute approximate surface area is 506 Å². The van der Waals surface area contributed by atoms with E-state index < -0.39 is 6.10 Å². The fraction of sp³-hybridized carbons (Fsp3) is 0.645. The van der Waals surface area contributed by atoms with Gasteiger partial charge < -0.3 is 14.2 Å². The molecular weight excluding hydrogens is 1010 g/mol. The zero-order chi connectivity index (χ0) is 59.2. The summed E-state index contributed by atoms with van der Waals surface area (Å²) < 4.78 is 16.9. The Morgan fingerprint density at radius 1 is 0.256 bits per heavy atom. The van der Waals surface area contributed by atoms with Crippen molar-refractivity contribution >= 4 is 17.9 Å². The molecule has 0 rings (SSSR count). The second-order valence-corrected chi connectivity index (χ2v) is 22.0. The molecule has 0 aliphatic heterocycles. The first-order valence-electron chi connectivity index (χ1n) is 33.8. The third-order valence-corrected chi connectivity index (χ3v) is 14.1. The van der Waals surface area contributed by atoms with Gasteiger partial charge in [0.1, 0.15) is 13.2 Å². The molecule has 0 heterocycles. The Hall–Kier alpha value is -4.71. The Balaban J connectivity index is 4.36. The zero-order valence-electron chi connectivity index (χ0n) is 53.2. The molecule has 0 fully saturated rings. The molecule has 0 aromatic carbocycles. The van der Waals surface area contributed by atoms with Crippen LogP contribution >= 0.6 is 0 Å². The van der Waals surface area contributed by atoms with Crippen molar-refractivity contribution in [2.45, 2.75) is 303 Å². The Kier molecular flexibility index (Phi) is 64.8. The van der Waals surface area contributed by atoms with E-state index in [0.29, 0.717) is 19.3 Å². The summed E-state index contributed by atoms with van der Waals surface area (Å²) in [4.78, 5) is 38.4. The lowest BCUT2D eigenvalue weighted by Crippen LogP contribution is -2.30. The molecular formula is C76H124O6. The molecule has 0 aromatic rings. The van der Waals surface area contributed by atoms with Crippen LogP contribution in [0.1, 0.15) is 297 Å². The van der Waals surface area contributed by atoms with Crippen LogP contribution in [0.2, 0.25) is 0 Å². The SMILES string of the molecule is CC/C=C\C/C=C\C/C=C\C/C=C\C/C=C\C/C=C\C/C=C\CCCCCCCCCCCC(=O)OCC(COC(=O)CCCCCCC/C=C\C/C=C\CCCCCC)OC(=O)CCCCCCCCC/C=C\C/C=C\C/C=C\CC. The minimum absolute atomic E-state index is 0.0938. The van der Waals surface area contributed by atoms with E-state index >= 15 is 0 Å². The van der Waals surface area contributed by atoms with Gasteiger partial charge in [-0.3, -0.25) is 14.4 Å². The van der Waals surface area contributed by atoms with Crippen LogP contribution in [0.5, 0.6) is 0 Å². The first-order valence-corrected chi connectivity index (χ1v) is 33.8. The highest BCUT2D eigenvalue weighted by atomic mass is 16.6. The molecule has 0 saturated carbocycles. The van der Waals surface area contributed by atoms with Crippen LogP contribution in [0.4, 0.5) is 0 Å². The Morgan fingerprint density at radius 3 is 0.744 bits per heavy atom. The fourth-order valence-electron chi connectivity index (χ4n) is 9.06. The molecule has 1 atom stereocenters. The average molecular weight is 1130 g/mol. The van der Waals surface area contributed by atoms with Gasteiger partial charge >= 0.3 is 17.9 Å². The Bertz CT molecular complexity index is 1780. The number of esters is 3. The van der Waals surface area contributed by atoms with E-state index in [-0.39, 0.29) is 31.1 Å². The molecule has 6 heteroatoms. The fourth-order valence-corrected chi connectivity index (χ4v) is 9.06. The molecule has 82 heavy (non-hydrogen) atoms. The molecule has 0 N–H and O–H groups in total. The van der Waals surface area contributed by atoms with Crippen LogP contribution in [0.3, 0.4) is 0 Å². The van der Waals surface area contributed by atoms with Gasteiger partial charge in [0.2, 0.25) is 0 Å². The van der Waals surface area contributed by atoms with E-state index in [1.807, 2.05) is 0 Å². The minimum Gasteiger partial charge on any atom is -0.462 e. The summed E-state index contributed by atoms with van der Waals surface area (Å²) in [5.74, 6) is -0.920. The van der Waals surface area contributed by atoms with Crippen LogP contribution in [0.25, 0.3) is 0 Å². The summed E-state index contributed by atoms with van der Waals surface area (Å²) >= 11 is 0. The summed E-state index contributed by atoms with van der Waals surface area (Å²) in [5, 5.41) is 0. The molecule has 1 unspecified atom stereocenters. The summed E-state index contributed by atoms with van der Waals surface area (Å²) in [5.41, 5.74) is 0. The molecule has 0 aromatic heterocycles. The van der Waals surface area contributed by atoms with Crippen LogP contribution in [-0.4, -0.2) is 37.2 Å². The van der Waals surface area contributed by atoms with Gasteiger partial charge in [-0.05, 0) is 141 Å². The van der Waals surface area contributed by atoms with Crippen LogP contribution in [0, 0.1) is 0 Å². The van der Waals surface area contributed by atoms with Gasteiger partial charge in [0, 0.05) is 19.3 Å². The summed E-state index contributed by atoms with van der Waals surface area (Å²) in [7, 11) is 0. The summed E-state index contributed by atoms with van der Waals surface area (Å²) in [6.45, 7) is 6.39. The maximum Gasteiger partial charge on any atom is 0.306 e. The lowest BCUT2D eigenvalue weighted by molar-refractivity contribution is -0.167. The highest BCUT2D eigenvalue weighted by Crippen LogP contribution is 2.15. The predicted molar refractivity (Wildman–Crippen MR) is 357 cm³/mol. The third-order valence-electron chi connectivity index (χ3n) is 14.1. The van der Waals surface area contributed by atoms with Gasteiger partial charge in [-0.15, -0.1) is 0 Å². The van der Waals surface area contributed by atoms with Gasteiger partial charge in [0.15, 0.2) is 6.10 Å². The van der Waals surface area contributed by atoms with E-state index in [1.54, 1.807) is 0 Å². The second kappa shape index (κ2) is 68.8. The number of unbranched alkanes of at least 4 members (excludes halogenated alkanes) is 25. The number of rotatable bonds is 60. The van der Waals surface area contributed by atoms with E-state index in [9.17, 15) is 14.4 Å². The molecule has 0 aliphatic carbocycles. The van der Waals surface area contributed by atoms with E-state index in [0.717, 1.165) is 161 Å². The third kappa shape index (κ3) is 66.1. The van der Waals surface area contributed by atoms with Gasteiger partial charge in [-0.1, -0.05) is 282 Å². The van der Waals surface area contributed by atoms with Crippen molar-refractivity contribution in [3.05, 3.63) is 146 Å². The quantitative estimate of drug-likeness (QED) is 0.0261. The van der Waals surface area contributed by atoms with Crippen molar-refractivity contribution in [3.63, 3.8) is 0 Å². The largest absolute Gasteiger partial charge is 0.462 e. The monoisotopic (exact) mass is 1130 g/mol. The highest BCUT2D eigenvalue weighted by Gasteiger charge is 2.19. The maximum absolute atomic E-state index is 12.9. The smallest absolute Gasteiger partial charge is 0.306 e. The number of allylic oxidation sites excluding steroid dienone is 24. The second-order valence-electron chi connectivity index (χ2n) is 22.0. The van der Waals surface area contributed by atoms with Crippen molar-refractivity contribution in [2.75, 3.05) is 13.2 Å². The van der Waals surface area contributed by atoms with Crippen molar-refractivity contribution < 1.29 is 28.6 Å². The molecule has 0 amide bonds. The summed E-state index contributed by atoms with van der Waals surface area (Å²) in [6.07, 6.45) is 98.5. The lowest BCUT2D eigenvalue weighted by atomic mass is 10.1. The maximum atomic E-state index is 12.9. The topological polar surface area (TPSA) is 78.9 Å². The van der Waals surface area contributed by atoms with Gasteiger partial charge in [0.25, 0.3) is 0 Å². The molecule has 0 saturated heterocycles. The van der Waals surface area contributed by atoms with Crippen molar-refractivity contribution in [2.24, 2.45) is 0 Å². The van der Waals surface area contributed by atoms with Crippen LogP contribution in [0.15, 0.2) is 146 Å². The first kappa shape index (κ1) is 77.3. The van der Waals surface area contributed by atoms with Gasteiger partial charge in [-0.2, -0.15) is 0 Å². The molecule has 0 spiro atoms. The zero-order valence-corrected chi connectivity index (χ0v) is 53.2. The van der Waals surface area contributed by atoms with Gasteiger partial charge in [0.05, 0.1) is 0 Å². The number of hydrogen-bond acceptors (Lipinski definition) is 6. The highest BCUT2D eigenvalue weighted by molar-refractivity contribution is 5.71. The average Bonchev–Trinajstić information content (AvgIpc) is 3.48. The standard InChI is InChI=1S/C76H124O6/c1-4-7-10-13-16-19-22-25-28-31-32-33-34-35-36-37-38-39-40-41-42-43-44-46-48-51-54-57-60-63-66-69-75(78)81-72-73(71-80-74(77)68-65-62-59-56-53-50-47-30-27-24-21-18-15-12-9-6-3)82-76(79)70-67-64-61-58-55-52-49-45-29-26-23-20-17-14-11-8-5-2/h7-8,10-11,16-17,19-21,24-26,28-30,32-33,35-36,38-39,41-42,47,73H,4-6,9,12-15,18,22-23,27,31,34,37,40,43-46,48-72H2,1-3H3/b10-7-,11-8-,19-16-,20-17-,24-21-,28-25-,29-26-,33-32-,36-35-,39-38-,42-41-,47-30-. The number of carbonyl (C=O) groups excluding carboxylic acids is 3. The normalized spacial score (nSPS) is 13.1. The van der Waals surface area contributed by atoms with E-state index in [4.69, 9.17) is 14.2 Å². The predicted octanol–water partition coefficient (Wildman–Crippen LogP) is 23.5. The van der Waals surface area contributed by atoms with Crippen molar-refractivity contribution in [1.82, 2.24) is 0 Å². The molecule has 0 radical (unpaired) electrons. The van der Waals surface area contributed by atoms with Gasteiger partial charge in [-0.25, -0.2) is 0 Å². The lowest BCUT2D eigenvalue weighted by Gasteiger charge is -2.18. The first-order chi connectivity index (χ1) is 40.5. The van der Waals surface area contributed by atoms with Crippen molar-refractivity contribution in [1.29, 1.82) is 0 Å². The Morgan fingerprint density at radius 2 is 0.476 bits per heavy atom. The molecule has 0 bridgehead atoms.